The summed E-state index contributed by atoms with van der Waals surface area (Å²) >= 11 is 0. The van der Waals surface area contributed by atoms with Crippen LogP contribution in [0, 0.1) is 0 Å². The topological polar surface area (TPSA) is 88.6 Å². The van der Waals surface area contributed by atoms with Crippen LogP contribution in [0.1, 0.15) is 19.4 Å². The van der Waals surface area contributed by atoms with E-state index in [0.717, 1.165) is 11.3 Å². The van der Waals surface area contributed by atoms with Crippen molar-refractivity contribution >= 4 is 27.3 Å². The summed E-state index contributed by atoms with van der Waals surface area (Å²) in [5.74, 6) is 0.350. The third-order valence-corrected chi connectivity index (χ3v) is 5.49. The maximum atomic E-state index is 12.6. The lowest BCUT2D eigenvalue weighted by Crippen LogP contribution is -2.33. The van der Waals surface area contributed by atoms with E-state index in [1.165, 1.54) is 26.3 Å². The number of rotatable bonds is 4. The van der Waals surface area contributed by atoms with Gasteiger partial charge in [0.05, 0.1) is 23.9 Å². The normalized spacial score (nSPS) is 16.4. The first-order valence-corrected chi connectivity index (χ1v) is 9.26. The number of nitrogens with one attached hydrogen (secondary N) is 1. The first kappa shape index (κ1) is 17.2. The quantitative estimate of drug-likeness (QED) is 0.902. The number of carbonyl (C=O) groups excluding carboxylic acids is 1. The van der Waals surface area contributed by atoms with Crippen molar-refractivity contribution in [1.29, 1.82) is 0 Å². The van der Waals surface area contributed by atoms with Crippen molar-refractivity contribution in [3.05, 3.63) is 42.1 Å². The predicted octanol–water partition coefficient (Wildman–Crippen LogP) is 2.19. The predicted molar refractivity (Wildman–Crippen MR) is 94.4 cm³/mol. The van der Waals surface area contributed by atoms with Crippen LogP contribution in [0.15, 0.2) is 41.4 Å². The highest BCUT2D eigenvalue weighted by atomic mass is 32.2. The Balaban J connectivity index is 1.88. The van der Waals surface area contributed by atoms with E-state index >= 15 is 0 Å². The number of ether oxygens (including phenoxy) is 1. The van der Waals surface area contributed by atoms with Crippen molar-refractivity contribution in [2.75, 3.05) is 16.7 Å². The Hall–Kier alpha value is -2.61. The molecule has 1 unspecified atom stereocenters. The average Bonchev–Trinajstić information content (AvgIpc) is 2.90. The molecule has 1 atom stereocenters. The molecule has 1 aromatic heterocycles. The summed E-state index contributed by atoms with van der Waals surface area (Å²) in [5, 5.41) is 0. The second-order valence-corrected chi connectivity index (χ2v) is 7.61. The number of hydrogen-bond acceptors (Lipinski definition) is 5. The number of carbonyl (C=O) groups is 1. The summed E-state index contributed by atoms with van der Waals surface area (Å²) < 4.78 is 32.7. The number of hydrogen-bond donors (Lipinski definition) is 1. The molecule has 0 aliphatic carbocycles. The van der Waals surface area contributed by atoms with Gasteiger partial charge in [0.1, 0.15) is 0 Å². The van der Waals surface area contributed by atoms with Gasteiger partial charge in [0.15, 0.2) is 0 Å². The van der Waals surface area contributed by atoms with Gasteiger partial charge in [-0.1, -0.05) is 0 Å². The minimum Gasteiger partial charge on any atom is -0.481 e. The fourth-order valence-corrected chi connectivity index (χ4v) is 4.12. The van der Waals surface area contributed by atoms with Crippen LogP contribution in [0.3, 0.4) is 0 Å². The zero-order valence-corrected chi connectivity index (χ0v) is 15.0. The molecule has 0 saturated heterocycles. The van der Waals surface area contributed by atoms with Gasteiger partial charge in [0.25, 0.3) is 10.0 Å². The van der Waals surface area contributed by atoms with Crippen LogP contribution < -0.4 is 14.4 Å². The molecule has 0 fully saturated rings. The summed E-state index contributed by atoms with van der Waals surface area (Å²) in [6, 6.07) is 7.98. The van der Waals surface area contributed by atoms with Gasteiger partial charge in [-0.2, -0.15) is 0 Å². The first-order chi connectivity index (χ1) is 11.8. The van der Waals surface area contributed by atoms with E-state index in [1.54, 1.807) is 29.2 Å². The molecule has 0 radical (unpaired) electrons. The van der Waals surface area contributed by atoms with Crippen LogP contribution in [0.2, 0.25) is 0 Å². The third kappa shape index (κ3) is 3.30. The molecule has 0 saturated carbocycles. The number of benzene rings is 1. The molecule has 132 valence electrons. The number of aromatic nitrogens is 1. The van der Waals surface area contributed by atoms with E-state index in [4.69, 9.17) is 4.74 Å². The highest BCUT2D eigenvalue weighted by Gasteiger charge is 2.30. The van der Waals surface area contributed by atoms with E-state index in [0.29, 0.717) is 18.0 Å². The van der Waals surface area contributed by atoms with Crippen LogP contribution in [0.5, 0.6) is 5.88 Å². The van der Waals surface area contributed by atoms with E-state index < -0.39 is 10.0 Å². The minimum absolute atomic E-state index is 0.0178. The lowest BCUT2D eigenvalue weighted by Gasteiger charge is -2.20. The van der Waals surface area contributed by atoms with E-state index in [9.17, 15) is 13.2 Å². The zero-order valence-electron chi connectivity index (χ0n) is 14.2. The molecular formula is C17H19N3O4S. The van der Waals surface area contributed by atoms with Crippen molar-refractivity contribution in [3.8, 4) is 5.88 Å². The monoisotopic (exact) mass is 361 g/mol. The zero-order chi connectivity index (χ0) is 18.2. The van der Waals surface area contributed by atoms with Crippen molar-refractivity contribution < 1.29 is 17.9 Å². The lowest BCUT2D eigenvalue weighted by atomic mass is 10.1. The number of nitrogens with zero attached hydrogens (tertiary/aromatic N) is 2. The summed E-state index contributed by atoms with van der Waals surface area (Å²) in [6.45, 7) is 3.45. The molecule has 1 N–H and O–H groups in total. The van der Waals surface area contributed by atoms with Crippen LogP contribution >= 0.6 is 0 Å². The van der Waals surface area contributed by atoms with E-state index in [1.807, 2.05) is 6.92 Å². The van der Waals surface area contributed by atoms with Gasteiger partial charge in [-0.05, 0) is 43.2 Å². The van der Waals surface area contributed by atoms with E-state index in [-0.39, 0.29) is 16.8 Å². The highest BCUT2D eigenvalue weighted by molar-refractivity contribution is 7.92. The highest BCUT2D eigenvalue weighted by Crippen LogP contribution is 2.34. The molecule has 7 nitrogen and oxygen atoms in total. The molecule has 8 heteroatoms. The number of methoxy groups -OCH3 is 1. The van der Waals surface area contributed by atoms with Crippen LogP contribution in [0.25, 0.3) is 0 Å². The molecule has 25 heavy (non-hydrogen) atoms. The minimum atomic E-state index is -3.74. The van der Waals surface area contributed by atoms with Gasteiger partial charge in [-0.25, -0.2) is 13.4 Å². The standard InChI is InChI=1S/C17H19N3O4S/c1-11-8-13-9-15(5-6-16(13)20(11)12(2)21)25(22,23)19-14-4-7-17(24-3)18-10-14/h4-7,9-11,19H,8H2,1-3H3. The van der Waals surface area contributed by atoms with Gasteiger partial charge in [-0.3, -0.25) is 9.52 Å². The van der Waals surface area contributed by atoms with Crippen LogP contribution in [-0.2, 0) is 21.2 Å². The van der Waals surface area contributed by atoms with Gasteiger partial charge in [0.2, 0.25) is 11.8 Å². The molecule has 3 rings (SSSR count). The van der Waals surface area contributed by atoms with Gasteiger partial charge >= 0.3 is 0 Å². The van der Waals surface area contributed by atoms with Gasteiger partial charge in [0, 0.05) is 24.7 Å². The Morgan fingerprint density at radius 3 is 2.68 bits per heavy atom. The fraction of sp³-hybridized carbons (Fsp3) is 0.294. The second-order valence-electron chi connectivity index (χ2n) is 5.93. The summed E-state index contributed by atoms with van der Waals surface area (Å²) in [7, 11) is -2.26. The fourth-order valence-electron chi connectivity index (χ4n) is 3.03. The number of pyridine rings is 1. The third-order valence-electron chi connectivity index (χ3n) is 4.11. The first-order valence-electron chi connectivity index (χ1n) is 7.77. The SMILES string of the molecule is COc1ccc(NS(=O)(=O)c2ccc3c(c2)CC(C)N3C(C)=O)cn1. The molecule has 1 amide bonds. The second kappa shape index (κ2) is 6.36. The summed E-state index contributed by atoms with van der Waals surface area (Å²) in [4.78, 5) is 17.6. The Labute approximate surface area is 146 Å². The van der Waals surface area contributed by atoms with E-state index in [2.05, 4.69) is 9.71 Å². The van der Waals surface area contributed by atoms with Crippen LogP contribution in [0.4, 0.5) is 11.4 Å². The van der Waals surface area contributed by atoms with Crippen molar-refractivity contribution in [3.63, 3.8) is 0 Å². The van der Waals surface area contributed by atoms with Crippen molar-refractivity contribution in [2.24, 2.45) is 0 Å². The summed E-state index contributed by atoms with van der Waals surface area (Å²) in [6.07, 6.45) is 2.02. The molecule has 2 heterocycles. The number of anilines is 2. The Kier molecular flexibility index (Phi) is 4.38. The Morgan fingerprint density at radius 2 is 2.08 bits per heavy atom. The molecule has 1 aromatic carbocycles. The number of fused-ring (bicyclic) bond motifs is 1. The van der Waals surface area contributed by atoms with Crippen molar-refractivity contribution in [2.45, 2.75) is 31.2 Å². The lowest BCUT2D eigenvalue weighted by molar-refractivity contribution is -0.116. The van der Waals surface area contributed by atoms with Crippen molar-refractivity contribution in [1.82, 2.24) is 4.98 Å². The molecule has 1 aliphatic rings. The Bertz CT molecular complexity index is 910. The number of sulfonamides is 1. The molecule has 1 aliphatic heterocycles. The maximum absolute atomic E-state index is 12.6. The molecule has 0 bridgehead atoms. The van der Waals surface area contributed by atoms with Gasteiger partial charge < -0.3 is 9.64 Å². The smallest absolute Gasteiger partial charge is 0.261 e. The largest absolute Gasteiger partial charge is 0.481 e. The average molecular weight is 361 g/mol. The number of amides is 1. The maximum Gasteiger partial charge on any atom is 0.261 e. The summed E-state index contributed by atoms with van der Waals surface area (Å²) in [5.41, 5.74) is 1.96. The molecular weight excluding hydrogens is 342 g/mol. The molecule has 2 aromatic rings. The van der Waals surface area contributed by atoms with Crippen LogP contribution in [-0.4, -0.2) is 32.5 Å². The Morgan fingerprint density at radius 1 is 1.32 bits per heavy atom. The molecule has 0 spiro atoms. The van der Waals surface area contributed by atoms with Gasteiger partial charge in [-0.15, -0.1) is 0 Å².